The molecule has 0 fully saturated rings. The molecule has 1 aliphatic heterocycles. The molecule has 0 spiro atoms. The molecule has 11 heteroatoms. The van der Waals surface area contributed by atoms with E-state index in [1.807, 2.05) is 32.9 Å². The number of aromatic nitrogens is 2. The van der Waals surface area contributed by atoms with Crippen LogP contribution in [0.15, 0.2) is 48.5 Å². The molecule has 2 aromatic carbocycles. The number of nitrogens with one attached hydrogen (secondary N) is 1. The molecule has 0 radical (unpaired) electrons. The van der Waals surface area contributed by atoms with E-state index >= 15 is 0 Å². The van der Waals surface area contributed by atoms with E-state index in [0.717, 1.165) is 34.6 Å². The number of aryl methyl sites for hydroxylation is 2. The number of nitrogens with zero attached hydrogens (tertiary/aromatic N) is 2. The van der Waals surface area contributed by atoms with Gasteiger partial charge in [0.2, 0.25) is 5.91 Å². The van der Waals surface area contributed by atoms with Gasteiger partial charge in [-0.3, -0.25) is 9.89 Å². The lowest BCUT2D eigenvalue weighted by Crippen LogP contribution is -2.53. The van der Waals surface area contributed by atoms with E-state index in [4.69, 9.17) is 0 Å². The Bertz CT molecular complexity index is 1200. The number of aliphatic hydroxyl groups is 1. The van der Waals surface area contributed by atoms with Crippen LogP contribution in [-0.2, 0) is 23.4 Å². The number of hydrogen-bond donors (Lipinski definition) is 2. The molecule has 36 heavy (non-hydrogen) atoms. The summed E-state index contributed by atoms with van der Waals surface area (Å²) in [4.78, 5) is 14.0. The first-order valence-corrected chi connectivity index (χ1v) is 11.2. The number of rotatable bonds is 4. The molecular formula is C25H25F6N3O2. The fourth-order valence-electron chi connectivity index (χ4n) is 3.98. The number of anilines is 1. The minimum atomic E-state index is -5.96. The molecular weight excluding hydrogens is 488 g/mol. The third kappa shape index (κ3) is 4.97. The lowest BCUT2D eigenvalue weighted by molar-refractivity contribution is -0.376. The van der Waals surface area contributed by atoms with Crippen LogP contribution in [0.2, 0.25) is 0 Å². The molecule has 0 saturated heterocycles. The summed E-state index contributed by atoms with van der Waals surface area (Å²) in [7, 11) is 0. The third-order valence-electron chi connectivity index (χ3n) is 5.81. The molecule has 1 aliphatic rings. The molecule has 4 rings (SSSR count). The standard InChI is InChI=1S/C23H19F6N3O2.C2H6/c1-13-10-18(31-30-13)15-4-8-19-16(11-15)5-9-20(33)32(19)12-14-2-6-17(7-3-14)21(34,22(24,25)26)23(27,28)29;1-2/h2-4,6-8,10-11,34H,5,9,12H2,1H3,(H,30,31);1-2H3. The summed E-state index contributed by atoms with van der Waals surface area (Å²) in [6, 6.07) is 10.5. The highest BCUT2D eigenvalue weighted by atomic mass is 19.4. The number of carbonyl (C=O) groups is 1. The van der Waals surface area contributed by atoms with Crippen molar-refractivity contribution < 1.29 is 36.2 Å². The Morgan fingerprint density at radius 3 is 2.08 bits per heavy atom. The van der Waals surface area contributed by atoms with E-state index < -0.39 is 23.5 Å². The first-order chi connectivity index (χ1) is 16.8. The number of carbonyl (C=O) groups excluding carboxylic acids is 1. The number of amides is 1. The molecule has 0 aliphatic carbocycles. The van der Waals surface area contributed by atoms with Crippen LogP contribution in [-0.4, -0.2) is 33.6 Å². The van der Waals surface area contributed by atoms with Crippen LogP contribution in [0.25, 0.3) is 11.3 Å². The summed E-state index contributed by atoms with van der Waals surface area (Å²) in [6.45, 7) is 5.81. The van der Waals surface area contributed by atoms with E-state index in [1.165, 1.54) is 4.90 Å². The van der Waals surface area contributed by atoms with Gasteiger partial charge in [-0.25, -0.2) is 0 Å². The monoisotopic (exact) mass is 513 g/mol. The maximum Gasteiger partial charge on any atom is 0.430 e. The first-order valence-electron chi connectivity index (χ1n) is 11.2. The van der Waals surface area contributed by atoms with Crippen molar-refractivity contribution in [2.45, 2.75) is 58.1 Å². The second kappa shape index (κ2) is 9.96. The number of hydrogen-bond acceptors (Lipinski definition) is 3. The summed E-state index contributed by atoms with van der Waals surface area (Å²) in [6.07, 6.45) is -11.2. The van der Waals surface area contributed by atoms with Crippen LogP contribution < -0.4 is 4.90 Å². The number of alkyl halides is 6. The molecule has 5 nitrogen and oxygen atoms in total. The lowest BCUT2D eigenvalue weighted by atomic mass is 9.91. The van der Waals surface area contributed by atoms with Gasteiger partial charge in [-0.1, -0.05) is 44.2 Å². The SMILES string of the molecule is CC.Cc1cc(-c2ccc3c(c2)CCC(=O)N3Cc2ccc(C(O)(C(F)(F)F)C(F)(F)F)cc2)n[nH]1. The van der Waals surface area contributed by atoms with Crippen molar-refractivity contribution >= 4 is 11.6 Å². The molecule has 0 atom stereocenters. The number of H-pyrrole nitrogens is 1. The van der Waals surface area contributed by atoms with Crippen molar-refractivity contribution in [2.24, 2.45) is 0 Å². The van der Waals surface area contributed by atoms with Crippen LogP contribution >= 0.6 is 0 Å². The van der Waals surface area contributed by atoms with Gasteiger partial charge in [-0.2, -0.15) is 31.4 Å². The molecule has 0 unspecified atom stereocenters. The molecule has 194 valence electrons. The van der Waals surface area contributed by atoms with E-state index in [0.29, 0.717) is 29.8 Å². The number of fused-ring (bicyclic) bond motifs is 1. The van der Waals surface area contributed by atoms with E-state index in [2.05, 4.69) is 10.2 Å². The highest BCUT2D eigenvalue weighted by molar-refractivity contribution is 5.96. The summed E-state index contributed by atoms with van der Waals surface area (Å²) in [5, 5.41) is 16.6. The largest absolute Gasteiger partial charge is 0.430 e. The van der Waals surface area contributed by atoms with Gasteiger partial charge in [0.25, 0.3) is 5.60 Å². The van der Waals surface area contributed by atoms with Crippen molar-refractivity contribution in [1.29, 1.82) is 0 Å². The van der Waals surface area contributed by atoms with Crippen molar-refractivity contribution in [3.63, 3.8) is 0 Å². The molecule has 0 bridgehead atoms. The molecule has 0 saturated carbocycles. The van der Waals surface area contributed by atoms with Gasteiger partial charge in [0.15, 0.2) is 0 Å². The Hall–Kier alpha value is -3.34. The van der Waals surface area contributed by atoms with Gasteiger partial charge < -0.3 is 10.0 Å². The van der Waals surface area contributed by atoms with Crippen molar-refractivity contribution in [2.75, 3.05) is 4.90 Å². The summed E-state index contributed by atoms with van der Waals surface area (Å²) in [5.74, 6) is -0.220. The van der Waals surface area contributed by atoms with Gasteiger partial charge in [0, 0.05) is 28.9 Å². The van der Waals surface area contributed by atoms with Gasteiger partial charge in [0.05, 0.1) is 12.2 Å². The highest BCUT2D eigenvalue weighted by Gasteiger charge is 2.71. The minimum Gasteiger partial charge on any atom is -0.369 e. The Kier molecular flexibility index (Phi) is 7.54. The van der Waals surface area contributed by atoms with Crippen LogP contribution in [0.3, 0.4) is 0 Å². The Morgan fingerprint density at radius 1 is 0.944 bits per heavy atom. The maximum atomic E-state index is 13.1. The maximum absolute atomic E-state index is 13.1. The Balaban J connectivity index is 0.00000176. The quantitative estimate of drug-likeness (QED) is 0.408. The zero-order valence-electron chi connectivity index (χ0n) is 19.8. The first kappa shape index (κ1) is 27.3. The predicted molar refractivity (Wildman–Crippen MR) is 122 cm³/mol. The fraction of sp³-hybridized carbons (Fsp3) is 0.360. The minimum absolute atomic E-state index is 0.0521. The fourth-order valence-corrected chi connectivity index (χ4v) is 3.98. The van der Waals surface area contributed by atoms with Crippen LogP contribution in [0.4, 0.5) is 32.0 Å². The number of aromatic amines is 1. The van der Waals surface area contributed by atoms with Crippen LogP contribution in [0.5, 0.6) is 0 Å². The van der Waals surface area contributed by atoms with Crippen LogP contribution in [0.1, 0.15) is 42.7 Å². The normalized spacial score (nSPS) is 14.3. The number of halogens is 6. The van der Waals surface area contributed by atoms with E-state index in [1.54, 1.807) is 12.1 Å². The van der Waals surface area contributed by atoms with Gasteiger partial charge in [0.1, 0.15) is 0 Å². The van der Waals surface area contributed by atoms with Gasteiger partial charge >= 0.3 is 12.4 Å². The summed E-state index contributed by atoms with van der Waals surface area (Å²) >= 11 is 0. The van der Waals surface area contributed by atoms with Crippen molar-refractivity contribution in [3.05, 3.63) is 70.9 Å². The van der Waals surface area contributed by atoms with E-state index in [9.17, 15) is 36.2 Å². The molecule has 2 N–H and O–H groups in total. The van der Waals surface area contributed by atoms with Crippen molar-refractivity contribution in [1.82, 2.24) is 10.2 Å². The average molecular weight is 513 g/mol. The summed E-state index contributed by atoms with van der Waals surface area (Å²) < 4.78 is 78.6. The van der Waals surface area contributed by atoms with Crippen molar-refractivity contribution in [3.8, 4) is 11.3 Å². The molecule has 1 amide bonds. The number of benzene rings is 2. The molecule has 2 heterocycles. The third-order valence-corrected chi connectivity index (χ3v) is 5.81. The average Bonchev–Trinajstić information content (AvgIpc) is 3.26. The predicted octanol–water partition coefficient (Wildman–Crippen LogP) is 6.20. The van der Waals surface area contributed by atoms with Crippen LogP contribution in [0, 0.1) is 6.92 Å². The zero-order chi connectivity index (χ0) is 26.9. The lowest BCUT2D eigenvalue weighted by Gasteiger charge is -2.33. The molecule has 1 aromatic heterocycles. The second-order valence-electron chi connectivity index (χ2n) is 8.16. The Morgan fingerprint density at radius 2 is 1.56 bits per heavy atom. The molecule has 3 aromatic rings. The smallest absolute Gasteiger partial charge is 0.369 e. The zero-order valence-corrected chi connectivity index (χ0v) is 19.8. The second-order valence-corrected chi connectivity index (χ2v) is 8.16. The van der Waals surface area contributed by atoms with Gasteiger partial charge in [-0.15, -0.1) is 0 Å². The van der Waals surface area contributed by atoms with Gasteiger partial charge in [-0.05, 0) is 42.7 Å². The highest BCUT2D eigenvalue weighted by Crippen LogP contribution is 2.50. The van der Waals surface area contributed by atoms with E-state index in [-0.39, 0.29) is 18.9 Å². The Labute approximate surface area is 203 Å². The summed E-state index contributed by atoms with van der Waals surface area (Å²) in [5.41, 5.74) is -2.08. The topological polar surface area (TPSA) is 69.2 Å².